The molecule has 2 amide bonds. The molecule has 0 saturated carbocycles. The smallest absolute Gasteiger partial charge is 0.233 e. The molecule has 5 heterocycles. The molecule has 102 valence electrons. The normalized spacial score (nSPS) is 36.5. The average Bonchev–Trinajstić information content (AvgIpc) is 2.34. The van der Waals surface area contributed by atoms with Crippen LogP contribution in [0, 0.1) is 11.8 Å². The fraction of sp³-hybridized carbons (Fsp3) is 0.643. The molecule has 3 fully saturated rings. The maximum atomic E-state index is 12.5. The molecule has 0 aromatic heterocycles. The van der Waals surface area contributed by atoms with Gasteiger partial charge in [0.2, 0.25) is 11.8 Å². The van der Waals surface area contributed by atoms with Gasteiger partial charge >= 0.3 is 0 Å². The van der Waals surface area contributed by atoms with Gasteiger partial charge in [-0.25, -0.2) is 0 Å². The standard InChI is InChI=1S/C14H18N2O3/c1-2-3-6-16-10-5-4-8(14(16)19)9-7-11(17)12(10)13(18)15-9/h4-5,8-10,12H,2-3,6-7H2,1H3,(H,15,18)/t8-,9-,10+,12+/m0/s1. The number of piperidine rings is 1. The number of nitrogens with one attached hydrogen (secondary N) is 1. The topological polar surface area (TPSA) is 66.5 Å². The third kappa shape index (κ3) is 1.79. The number of hydrogen-bond acceptors (Lipinski definition) is 3. The van der Waals surface area contributed by atoms with Gasteiger partial charge in [-0.3, -0.25) is 14.4 Å². The predicted molar refractivity (Wildman–Crippen MR) is 68.1 cm³/mol. The molecule has 6 rings (SSSR count). The van der Waals surface area contributed by atoms with Gasteiger partial charge < -0.3 is 10.2 Å². The van der Waals surface area contributed by atoms with E-state index < -0.39 is 5.92 Å². The summed E-state index contributed by atoms with van der Waals surface area (Å²) in [5.74, 6) is -1.27. The Morgan fingerprint density at radius 1 is 1.32 bits per heavy atom. The van der Waals surface area contributed by atoms with E-state index in [4.69, 9.17) is 0 Å². The molecule has 0 radical (unpaired) electrons. The second kappa shape index (κ2) is 4.47. The van der Waals surface area contributed by atoms with E-state index in [1.54, 1.807) is 4.90 Å². The van der Waals surface area contributed by atoms with Crippen molar-refractivity contribution in [3.8, 4) is 0 Å². The van der Waals surface area contributed by atoms with Crippen LogP contribution in [0.4, 0.5) is 0 Å². The highest BCUT2D eigenvalue weighted by Crippen LogP contribution is 2.34. The molecule has 0 aromatic rings. The zero-order valence-corrected chi connectivity index (χ0v) is 11.0. The Labute approximate surface area is 112 Å². The first kappa shape index (κ1) is 12.4. The van der Waals surface area contributed by atoms with E-state index >= 15 is 0 Å². The SMILES string of the molecule is CCCCN1C(=O)[C@H]2C=C[C@@H]1[C@@H]1C(=O)C[C@@H]2NC1=O. The Balaban J connectivity index is 1.99. The molecule has 0 spiro atoms. The molecule has 0 aromatic carbocycles. The minimum atomic E-state index is -0.713. The van der Waals surface area contributed by atoms with Gasteiger partial charge in [-0.05, 0) is 6.42 Å². The lowest BCUT2D eigenvalue weighted by Crippen LogP contribution is -2.66. The van der Waals surface area contributed by atoms with Gasteiger partial charge in [0.1, 0.15) is 11.7 Å². The summed E-state index contributed by atoms with van der Waals surface area (Å²) in [5.41, 5.74) is 0. The highest BCUT2D eigenvalue weighted by Gasteiger charge is 2.51. The summed E-state index contributed by atoms with van der Waals surface area (Å²) in [5, 5.41) is 2.83. The first-order valence-electron chi connectivity index (χ1n) is 6.95. The molecule has 6 aliphatic rings. The number of rotatable bonds is 3. The first-order valence-corrected chi connectivity index (χ1v) is 6.95. The van der Waals surface area contributed by atoms with Gasteiger partial charge in [0.05, 0.1) is 18.0 Å². The van der Waals surface area contributed by atoms with Gasteiger partial charge in [-0.15, -0.1) is 0 Å². The van der Waals surface area contributed by atoms with Crippen LogP contribution in [-0.4, -0.2) is 41.1 Å². The largest absolute Gasteiger partial charge is 0.351 e. The van der Waals surface area contributed by atoms with E-state index in [1.165, 1.54) is 0 Å². The number of Topliss-reactive ketones (excluding diaryl/α,β-unsaturated/α-hetero) is 1. The van der Waals surface area contributed by atoms with Crippen LogP contribution in [0.5, 0.6) is 0 Å². The summed E-state index contributed by atoms with van der Waals surface area (Å²) < 4.78 is 0. The molecule has 19 heavy (non-hydrogen) atoms. The zero-order valence-electron chi connectivity index (χ0n) is 11.0. The van der Waals surface area contributed by atoms with Crippen molar-refractivity contribution in [3.05, 3.63) is 12.2 Å². The summed E-state index contributed by atoms with van der Waals surface area (Å²) in [7, 11) is 0. The van der Waals surface area contributed by atoms with Gasteiger partial charge in [0.25, 0.3) is 0 Å². The molecular weight excluding hydrogens is 244 g/mol. The summed E-state index contributed by atoms with van der Waals surface area (Å²) >= 11 is 0. The Morgan fingerprint density at radius 3 is 2.79 bits per heavy atom. The van der Waals surface area contributed by atoms with Gasteiger partial charge in [0, 0.05) is 13.0 Å². The number of amides is 2. The van der Waals surface area contributed by atoms with Crippen LogP contribution >= 0.6 is 0 Å². The summed E-state index contributed by atoms with van der Waals surface area (Å²) in [6.07, 6.45) is 5.93. The zero-order chi connectivity index (χ0) is 13.6. The lowest BCUT2D eigenvalue weighted by atomic mass is 9.74. The lowest BCUT2D eigenvalue weighted by Gasteiger charge is -2.47. The van der Waals surface area contributed by atoms with Crippen LogP contribution in [0.2, 0.25) is 0 Å². The van der Waals surface area contributed by atoms with Crippen LogP contribution in [0.3, 0.4) is 0 Å². The Hall–Kier alpha value is -1.65. The van der Waals surface area contributed by atoms with Crippen molar-refractivity contribution < 1.29 is 14.4 Å². The van der Waals surface area contributed by atoms with Crippen LogP contribution < -0.4 is 5.32 Å². The monoisotopic (exact) mass is 262 g/mol. The molecule has 4 bridgehead atoms. The van der Waals surface area contributed by atoms with Gasteiger partial charge in [-0.2, -0.15) is 0 Å². The molecule has 3 saturated heterocycles. The summed E-state index contributed by atoms with van der Waals surface area (Å²) in [6.45, 7) is 2.69. The fourth-order valence-electron chi connectivity index (χ4n) is 3.32. The van der Waals surface area contributed by atoms with E-state index in [-0.39, 0.29) is 42.0 Å². The summed E-state index contributed by atoms with van der Waals surface area (Å²) in [4.78, 5) is 38.4. The fourth-order valence-corrected chi connectivity index (χ4v) is 3.32. The number of hydrogen-bond donors (Lipinski definition) is 1. The third-order valence-corrected chi connectivity index (χ3v) is 4.35. The second-order valence-electron chi connectivity index (χ2n) is 5.55. The summed E-state index contributed by atoms with van der Waals surface area (Å²) in [6, 6.07) is -0.741. The van der Waals surface area contributed by atoms with Crippen molar-refractivity contribution >= 4 is 17.6 Å². The highest BCUT2D eigenvalue weighted by atomic mass is 16.2. The number of ketones is 1. The number of unbranched alkanes of at least 4 members (excludes halogenated alkanes) is 1. The van der Waals surface area contributed by atoms with Gasteiger partial charge in [-0.1, -0.05) is 25.5 Å². The maximum Gasteiger partial charge on any atom is 0.233 e. The minimum Gasteiger partial charge on any atom is -0.351 e. The Kier molecular flexibility index (Phi) is 2.92. The van der Waals surface area contributed by atoms with Crippen LogP contribution in [-0.2, 0) is 14.4 Å². The van der Waals surface area contributed by atoms with Gasteiger partial charge in [0.15, 0.2) is 0 Å². The van der Waals surface area contributed by atoms with Crippen LogP contribution in [0.15, 0.2) is 12.2 Å². The first-order chi connectivity index (χ1) is 9.13. The van der Waals surface area contributed by atoms with Crippen molar-refractivity contribution in [2.45, 2.75) is 38.3 Å². The molecule has 4 atom stereocenters. The molecule has 5 aliphatic heterocycles. The molecule has 1 N–H and O–H groups in total. The van der Waals surface area contributed by atoms with E-state index in [0.717, 1.165) is 12.8 Å². The number of carbonyl (C=O) groups excluding carboxylic acids is 3. The Morgan fingerprint density at radius 2 is 2.11 bits per heavy atom. The number of carbonyl (C=O) groups is 3. The third-order valence-electron chi connectivity index (χ3n) is 4.35. The quantitative estimate of drug-likeness (QED) is 0.586. The van der Waals surface area contributed by atoms with Crippen molar-refractivity contribution in [2.24, 2.45) is 11.8 Å². The van der Waals surface area contributed by atoms with Crippen LogP contribution in [0.25, 0.3) is 0 Å². The Bertz CT molecular complexity index is 453. The number of nitrogens with zero attached hydrogens (tertiary/aromatic N) is 1. The molecule has 1 aliphatic carbocycles. The van der Waals surface area contributed by atoms with Crippen molar-refractivity contribution in [1.82, 2.24) is 10.2 Å². The maximum absolute atomic E-state index is 12.5. The van der Waals surface area contributed by atoms with Crippen molar-refractivity contribution in [3.63, 3.8) is 0 Å². The van der Waals surface area contributed by atoms with Crippen LogP contribution in [0.1, 0.15) is 26.2 Å². The molecule has 5 nitrogen and oxygen atoms in total. The van der Waals surface area contributed by atoms with Crippen molar-refractivity contribution in [1.29, 1.82) is 0 Å². The highest BCUT2D eigenvalue weighted by molar-refractivity contribution is 6.07. The lowest BCUT2D eigenvalue weighted by molar-refractivity contribution is -0.151. The second-order valence-corrected chi connectivity index (χ2v) is 5.55. The molecule has 0 unspecified atom stereocenters. The predicted octanol–water partition coefficient (Wildman–Crippen LogP) is 0.257. The van der Waals surface area contributed by atoms with E-state index in [0.29, 0.717) is 6.54 Å². The molecular formula is C14H18N2O3. The van der Waals surface area contributed by atoms with E-state index in [2.05, 4.69) is 12.2 Å². The van der Waals surface area contributed by atoms with E-state index in [1.807, 2.05) is 12.2 Å². The van der Waals surface area contributed by atoms with E-state index in [9.17, 15) is 14.4 Å². The minimum absolute atomic E-state index is 0.0258. The average molecular weight is 262 g/mol. The van der Waals surface area contributed by atoms with Crippen molar-refractivity contribution in [2.75, 3.05) is 6.54 Å². The molecule has 5 heteroatoms.